The minimum atomic E-state index is -3.66. The molecule has 9 nitrogen and oxygen atoms in total. The van der Waals surface area contributed by atoms with Crippen LogP contribution in [0.1, 0.15) is 16.0 Å². The highest BCUT2D eigenvalue weighted by Gasteiger charge is 2.25. The predicted molar refractivity (Wildman–Crippen MR) is 145 cm³/mol. The van der Waals surface area contributed by atoms with Gasteiger partial charge in [0.1, 0.15) is 0 Å². The summed E-state index contributed by atoms with van der Waals surface area (Å²) >= 11 is 7.58. The number of carbonyl (C=O) groups is 1. The molecule has 1 unspecified atom stereocenters. The summed E-state index contributed by atoms with van der Waals surface area (Å²) in [7, 11) is -3.66. The van der Waals surface area contributed by atoms with Gasteiger partial charge in [-0.3, -0.25) is 14.9 Å². The lowest BCUT2D eigenvalue weighted by molar-refractivity contribution is -0.385. The number of hydrogen-bond donors (Lipinski definition) is 2. The van der Waals surface area contributed by atoms with Crippen LogP contribution in [0.25, 0.3) is 0 Å². The summed E-state index contributed by atoms with van der Waals surface area (Å²) in [6.07, 6.45) is 2.17. The highest BCUT2D eigenvalue weighted by atomic mass is 35.5. The number of carbonyl (C=O) groups excluding carboxylic acids is 1. The summed E-state index contributed by atoms with van der Waals surface area (Å²) < 4.78 is 27.0. The second-order valence-corrected chi connectivity index (χ2v) is 11.5. The summed E-state index contributed by atoms with van der Waals surface area (Å²) in [6, 6.07) is 13.4. The molecule has 0 aliphatic rings. The molecule has 3 aromatic rings. The Morgan fingerprint density at radius 3 is 2.59 bits per heavy atom. The quantitative estimate of drug-likeness (QED) is 0.184. The summed E-state index contributed by atoms with van der Waals surface area (Å²) in [5, 5.41) is 13.8. The lowest BCUT2D eigenvalue weighted by Gasteiger charge is -2.26. The highest BCUT2D eigenvalue weighted by Crippen LogP contribution is 2.25. The van der Waals surface area contributed by atoms with E-state index in [1.807, 2.05) is 17.5 Å². The van der Waals surface area contributed by atoms with Crippen LogP contribution in [0.4, 0.5) is 5.69 Å². The fourth-order valence-electron chi connectivity index (χ4n) is 3.65. The first-order chi connectivity index (χ1) is 17.6. The van der Waals surface area contributed by atoms with Gasteiger partial charge < -0.3 is 10.6 Å². The number of nitrogens with two attached hydrogens (primary N) is 1. The molecular formula is C25H27ClN4O5S2. The molecule has 0 radical (unpaired) electrons. The predicted octanol–water partition coefficient (Wildman–Crippen LogP) is 3.92. The van der Waals surface area contributed by atoms with Crippen molar-refractivity contribution in [3.8, 4) is 0 Å². The third-order valence-electron chi connectivity index (χ3n) is 5.55. The first-order valence-electron chi connectivity index (χ1n) is 11.3. The average molecular weight is 563 g/mol. The SMILES string of the molecule is C=CCNS(=O)(=O)c1ccc(CCN(Cc2cc(Cl)ccc2[N+](=O)[O-])C(=O)C(N)Cc2cccs2)cc1. The molecule has 12 heteroatoms. The topological polar surface area (TPSA) is 136 Å². The normalized spacial score (nSPS) is 12.2. The second kappa shape index (κ2) is 12.9. The first-order valence-corrected chi connectivity index (χ1v) is 14.0. The van der Waals surface area contributed by atoms with Gasteiger partial charge in [-0.05, 0) is 47.7 Å². The number of amides is 1. The number of thiophene rings is 1. The van der Waals surface area contributed by atoms with E-state index < -0.39 is 21.0 Å². The van der Waals surface area contributed by atoms with Crippen LogP contribution in [0.15, 0.2) is 77.5 Å². The molecular weight excluding hydrogens is 536 g/mol. The Balaban J connectivity index is 1.81. The number of hydrogen-bond acceptors (Lipinski definition) is 7. The van der Waals surface area contributed by atoms with Crippen LogP contribution < -0.4 is 10.5 Å². The Kier molecular flexibility index (Phi) is 9.95. The van der Waals surface area contributed by atoms with Crippen LogP contribution in [-0.2, 0) is 34.2 Å². The van der Waals surface area contributed by atoms with E-state index >= 15 is 0 Å². The first kappa shape index (κ1) is 28.5. The maximum absolute atomic E-state index is 13.4. The Morgan fingerprint density at radius 1 is 1.24 bits per heavy atom. The van der Waals surface area contributed by atoms with Crippen LogP contribution in [0.2, 0.25) is 5.02 Å². The Labute approximate surface area is 224 Å². The number of benzene rings is 2. The largest absolute Gasteiger partial charge is 0.336 e. The Hall–Kier alpha value is -3.09. The van der Waals surface area contributed by atoms with Crippen LogP contribution >= 0.6 is 22.9 Å². The molecule has 0 saturated heterocycles. The van der Waals surface area contributed by atoms with Gasteiger partial charge >= 0.3 is 0 Å². The van der Waals surface area contributed by atoms with Gasteiger partial charge in [0, 0.05) is 35.5 Å². The molecule has 37 heavy (non-hydrogen) atoms. The van der Waals surface area contributed by atoms with E-state index in [4.69, 9.17) is 17.3 Å². The van der Waals surface area contributed by atoms with Crippen LogP contribution in [0.3, 0.4) is 0 Å². The van der Waals surface area contributed by atoms with Crippen molar-refractivity contribution < 1.29 is 18.1 Å². The molecule has 1 atom stereocenters. The highest BCUT2D eigenvalue weighted by molar-refractivity contribution is 7.89. The molecule has 0 fully saturated rings. The van der Waals surface area contributed by atoms with E-state index in [-0.39, 0.29) is 36.1 Å². The minimum Gasteiger partial charge on any atom is -0.336 e. The zero-order valence-corrected chi connectivity index (χ0v) is 22.3. The van der Waals surface area contributed by atoms with Crippen molar-refractivity contribution in [2.24, 2.45) is 5.73 Å². The fourth-order valence-corrected chi connectivity index (χ4v) is 5.61. The number of sulfonamides is 1. The molecule has 1 heterocycles. The van der Waals surface area contributed by atoms with Crippen molar-refractivity contribution in [1.29, 1.82) is 0 Å². The summed E-state index contributed by atoms with van der Waals surface area (Å²) in [4.78, 5) is 26.9. The van der Waals surface area contributed by atoms with Gasteiger partial charge in [-0.1, -0.05) is 35.9 Å². The number of rotatable bonds is 13. The molecule has 0 aliphatic carbocycles. The zero-order chi connectivity index (χ0) is 27.0. The zero-order valence-electron chi connectivity index (χ0n) is 19.9. The molecule has 2 aromatic carbocycles. The summed E-state index contributed by atoms with van der Waals surface area (Å²) in [5.74, 6) is -0.351. The molecule has 3 N–H and O–H groups in total. The molecule has 0 aliphatic heterocycles. The Bertz CT molecular complexity index is 1350. The maximum Gasteiger partial charge on any atom is 0.274 e. The molecule has 0 saturated carbocycles. The summed E-state index contributed by atoms with van der Waals surface area (Å²) in [5.41, 5.74) is 7.18. The smallest absolute Gasteiger partial charge is 0.274 e. The van der Waals surface area contributed by atoms with Gasteiger partial charge in [-0.2, -0.15) is 0 Å². The van der Waals surface area contributed by atoms with Crippen LogP contribution in [0, 0.1) is 10.1 Å². The van der Waals surface area contributed by atoms with Crippen LogP contribution in [0.5, 0.6) is 0 Å². The number of nitro benzene ring substituents is 1. The van der Waals surface area contributed by atoms with E-state index in [2.05, 4.69) is 11.3 Å². The van der Waals surface area contributed by atoms with Crippen molar-refractivity contribution in [3.63, 3.8) is 0 Å². The minimum absolute atomic E-state index is 0.0498. The van der Waals surface area contributed by atoms with Crippen molar-refractivity contribution in [1.82, 2.24) is 9.62 Å². The molecule has 0 bridgehead atoms. The molecule has 1 amide bonds. The van der Waals surface area contributed by atoms with Gasteiger partial charge in [0.05, 0.1) is 28.0 Å². The third kappa shape index (κ3) is 7.94. The average Bonchev–Trinajstić information content (AvgIpc) is 3.38. The van der Waals surface area contributed by atoms with E-state index in [1.54, 1.807) is 12.1 Å². The van der Waals surface area contributed by atoms with Gasteiger partial charge in [0.2, 0.25) is 15.9 Å². The molecule has 1 aromatic heterocycles. The number of nitrogens with zero attached hydrogens (tertiary/aromatic N) is 2. The van der Waals surface area contributed by atoms with E-state index in [9.17, 15) is 23.3 Å². The van der Waals surface area contributed by atoms with Gasteiger partial charge in [-0.25, -0.2) is 13.1 Å². The van der Waals surface area contributed by atoms with Gasteiger partial charge in [0.15, 0.2) is 0 Å². The number of nitro groups is 1. The van der Waals surface area contributed by atoms with Crippen molar-refractivity contribution >= 4 is 44.6 Å². The van der Waals surface area contributed by atoms with Crippen molar-refractivity contribution in [3.05, 3.63) is 104 Å². The summed E-state index contributed by atoms with van der Waals surface area (Å²) in [6.45, 7) is 3.77. The third-order valence-corrected chi connectivity index (χ3v) is 8.12. The standard InChI is InChI=1S/C25H27ClN4O5S2/c1-2-12-28-37(34,35)22-8-5-18(6-9-22)11-13-29(25(31)23(27)16-21-4-3-14-36-21)17-19-15-20(26)7-10-24(19)30(32)33/h2-10,14-15,23,28H,1,11-13,16-17,27H2. The monoisotopic (exact) mass is 562 g/mol. The number of halogens is 1. The van der Waals surface area contributed by atoms with Crippen molar-refractivity contribution in [2.45, 2.75) is 30.3 Å². The lowest BCUT2D eigenvalue weighted by Crippen LogP contribution is -2.45. The molecule has 196 valence electrons. The molecule has 0 spiro atoms. The molecule has 3 rings (SSSR count). The lowest BCUT2D eigenvalue weighted by atomic mass is 10.1. The van der Waals surface area contributed by atoms with Crippen LogP contribution in [-0.4, -0.2) is 43.3 Å². The van der Waals surface area contributed by atoms with Crippen molar-refractivity contribution in [2.75, 3.05) is 13.1 Å². The fraction of sp³-hybridized carbons (Fsp3) is 0.240. The Morgan fingerprint density at radius 2 is 1.97 bits per heavy atom. The van der Waals surface area contributed by atoms with E-state index in [1.165, 1.54) is 52.6 Å². The van der Waals surface area contributed by atoms with Gasteiger partial charge in [-0.15, -0.1) is 17.9 Å². The van der Waals surface area contributed by atoms with E-state index in [0.717, 1.165) is 10.4 Å². The van der Waals surface area contributed by atoms with Gasteiger partial charge in [0.25, 0.3) is 5.69 Å². The number of nitrogens with one attached hydrogen (secondary N) is 1. The maximum atomic E-state index is 13.4. The second-order valence-electron chi connectivity index (χ2n) is 8.21. The van der Waals surface area contributed by atoms with E-state index in [0.29, 0.717) is 23.4 Å².